The molecule has 2 saturated carbocycles. The lowest BCUT2D eigenvalue weighted by atomic mass is 9.92. The van der Waals surface area contributed by atoms with E-state index in [1.165, 1.54) is 129 Å². The van der Waals surface area contributed by atoms with Crippen molar-refractivity contribution in [3.8, 4) is 0 Å². The number of likely N-dealkylation sites (tertiary alicyclic amines) is 2. The molecule has 162 valence electrons. The van der Waals surface area contributed by atoms with Crippen molar-refractivity contribution in [3.05, 3.63) is 0 Å². The molecule has 0 amide bonds. The van der Waals surface area contributed by atoms with E-state index in [1.54, 1.807) is 34.6 Å². The molecule has 0 aromatic rings. The van der Waals surface area contributed by atoms with Gasteiger partial charge in [0.15, 0.2) is 0 Å². The topological polar surface area (TPSA) is 0 Å². The second kappa shape index (κ2) is 10.3. The Balaban J connectivity index is 1.18. The van der Waals surface area contributed by atoms with Gasteiger partial charge in [0, 0.05) is 25.7 Å². The van der Waals surface area contributed by atoms with Gasteiger partial charge in [-0.3, -0.25) is 0 Å². The molecule has 0 aromatic carbocycles. The van der Waals surface area contributed by atoms with Crippen LogP contribution in [0.25, 0.3) is 0 Å². The number of hydrogen-bond donors (Lipinski definition) is 0. The molecule has 0 unspecified atom stereocenters. The Kier molecular flexibility index (Phi) is 7.78. The average Bonchev–Trinajstić information content (AvgIpc) is 3.43. The van der Waals surface area contributed by atoms with Crippen LogP contribution >= 0.6 is 0 Å². The summed E-state index contributed by atoms with van der Waals surface area (Å²) in [4.78, 5) is 0. The van der Waals surface area contributed by atoms with Crippen molar-refractivity contribution in [1.29, 1.82) is 0 Å². The summed E-state index contributed by atoms with van der Waals surface area (Å²) in [6, 6.07) is 2.09. The van der Waals surface area contributed by atoms with Gasteiger partial charge in [-0.05, 0) is 77.0 Å². The first kappa shape index (κ1) is 21.2. The van der Waals surface area contributed by atoms with Gasteiger partial charge in [-0.15, -0.1) is 0 Å². The number of nitrogens with zero attached hydrogens (tertiary/aromatic N) is 2. The molecule has 2 aliphatic heterocycles. The third-order valence-corrected chi connectivity index (χ3v) is 9.57. The van der Waals surface area contributed by atoms with Gasteiger partial charge in [-0.25, -0.2) is 0 Å². The van der Waals surface area contributed by atoms with Crippen molar-refractivity contribution in [2.24, 2.45) is 0 Å². The van der Waals surface area contributed by atoms with E-state index in [2.05, 4.69) is 0 Å². The number of quaternary nitrogens is 2. The summed E-state index contributed by atoms with van der Waals surface area (Å²) in [5.41, 5.74) is 0. The second-order valence-corrected chi connectivity index (χ2v) is 11.2. The maximum absolute atomic E-state index is 1.54. The molecule has 4 rings (SSSR count). The highest BCUT2D eigenvalue weighted by molar-refractivity contribution is 4.72. The average molecular weight is 391 g/mol. The lowest BCUT2D eigenvalue weighted by molar-refractivity contribution is -0.942. The Hall–Kier alpha value is -0.0800. The largest absolute Gasteiger partial charge is 0.321 e. The molecule has 2 aliphatic carbocycles. The number of hydrogen-bond acceptors (Lipinski definition) is 0. The fourth-order valence-electron chi connectivity index (χ4n) is 7.94. The minimum absolute atomic E-state index is 1.04. The Labute approximate surface area is 176 Å². The first-order chi connectivity index (χ1) is 13.8. The molecule has 2 nitrogen and oxygen atoms in total. The Morgan fingerprint density at radius 3 is 1.11 bits per heavy atom. The van der Waals surface area contributed by atoms with Crippen LogP contribution in [0.4, 0.5) is 0 Å². The van der Waals surface area contributed by atoms with Gasteiger partial charge in [0.25, 0.3) is 0 Å². The van der Waals surface area contributed by atoms with Crippen molar-refractivity contribution in [2.75, 3.05) is 39.3 Å². The van der Waals surface area contributed by atoms with Crippen molar-refractivity contribution >= 4 is 0 Å². The molecule has 4 fully saturated rings. The molecule has 0 radical (unpaired) electrons. The van der Waals surface area contributed by atoms with E-state index in [4.69, 9.17) is 0 Å². The highest BCUT2D eigenvalue weighted by Crippen LogP contribution is 2.35. The summed E-state index contributed by atoms with van der Waals surface area (Å²) in [5, 5.41) is 0. The van der Waals surface area contributed by atoms with Gasteiger partial charge >= 0.3 is 0 Å². The Bertz CT molecular complexity index is 393. The zero-order valence-corrected chi connectivity index (χ0v) is 19.0. The summed E-state index contributed by atoms with van der Waals surface area (Å²) in [6.07, 6.45) is 27.4. The molecule has 0 spiro atoms. The summed E-state index contributed by atoms with van der Waals surface area (Å²) >= 11 is 0. The van der Waals surface area contributed by atoms with Crippen LogP contribution in [0.1, 0.15) is 116 Å². The molecule has 2 heterocycles. The lowest BCUT2D eigenvalue weighted by Crippen LogP contribution is -2.54. The number of rotatable bonds is 9. The van der Waals surface area contributed by atoms with E-state index >= 15 is 0 Å². The van der Waals surface area contributed by atoms with Gasteiger partial charge in [-0.2, -0.15) is 0 Å². The second-order valence-electron chi connectivity index (χ2n) is 11.2. The predicted molar refractivity (Wildman–Crippen MR) is 120 cm³/mol. The lowest BCUT2D eigenvalue weighted by Gasteiger charge is -2.44. The highest BCUT2D eigenvalue weighted by atomic mass is 15.4. The van der Waals surface area contributed by atoms with E-state index in [0.29, 0.717) is 0 Å². The van der Waals surface area contributed by atoms with Crippen LogP contribution in [0.5, 0.6) is 0 Å². The maximum atomic E-state index is 1.54. The SMILES string of the molecule is C1CCC([N+]2(CCCCCC[N+]3(C4CCCCC4)CCCC3)CCCC2)CC1. The minimum Gasteiger partial charge on any atom is -0.321 e. The molecule has 28 heavy (non-hydrogen) atoms. The van der Waals surface area contributed by atoms with Crippen LogP contribution in [-0.4, -0.2) is 60.3 Å². The fraction of sp³-hybridized carbons (Fsp3) is 1.00. The summed E-state index contributed by atoms with van der Waals surface area (Å²) < 4.78 is 3.09. The molecular weight excluding hydrogens is 340 g/mol. The van der Waals surface area contributed by atoms with E-state index in [-0.39, 0.29) is 0 Å². The Morgan fingerprint density at radius 2 is 0.750 bits per heavy atom. The van der Waals surface area contributed by atoms with Gasteiger partial charge in [0.2, 0.25) is 0 Å². The van der Waals surface area contributed by atoms with Gasteiger partial charge in [-0.1, -0.05) is 12.8 Å². The van der Waals surface area contributed by atoms with E-state index in [0.717, 1.165) is 12.1 Å². The molecule has 0 bridgehead atoms. The first-order valence-electron chi connectivity index (χ1n) is 13.5. The van der Waals surface area contributed by atoms with Crippen molar-refractivity contribution in [1.82, 2.24) is 0 Å². The third kappa shape index (κ3) is 4.97. The van der Waals surface area contributed by atoms with Crippen LogP contribution in [0.3, 0.4) is 0 Å². The standard InChI is InChI=1S/C26H50N2/c1(9-19-27(21-11-12-22-27)25-15-5-3-6-16-25)2-10-20-28(23-13-14-24-28)26-17-7-4-8-18-26/h25-26H,1-24H2/q+2. The molecule has 0 atom stereocenters. The predicted octanol–water partition coefficient (Wildman–Crippen LogP) is 6.43. The quantitative estimate of drug-likeness (QED) is 0.314. The van der Waals surface area contributed by atoms with Crippen LogP contribution in [0.2, 0.25) is 0 Å². The third-order valence-electron chi connectivity index (χ3n) is 9.57. The van der Waals surface area contributed by atoms with Crippen molar-refractivity contribution < 1.29 is 8.97 Å². The van der Waals surface area contributed by atoms with Crippen LogP contribution in [0.15, 0.2) is 0 Å². The van der Waals surface area contributed by atoms with Crippen LogP contribution in [0, 0.1) is 0 Å². The summed E-state index contributed by atoms with van der Waals surface area (Å²) in [7, 11) is 0. The molecule has 0 N–H and O–H groups in total. The van der Waals surface area contributed by atoms with Crippen molar-refractivity contribution in [3.63, 3.8) is 0 Å². The smallest absolute Gasteiger partial charge is 0.0890 e. The monoisotopic (exact) mass is 390 g/mol. The van der Waals surface area contributed by atoms with Crippen molar-refractivity contribution in [2.45, 2.75) is 128 Å². The molecule has 2 heteroatoms. The first-order valence-corrected chi connectivity index (χ1v) is 13.5. The maximum Gasteiger partial charge on any atom is 0.0890 e. The highest BCUT2D eigenvalue weighted by Gasteiger charge is 2.41. The zero-order chi connectivity index (χ0) is 19.1. The Morgan fingerprint density at radius 1 is 0.393 bits per heavy atom. The molecular formula is C26H50N2+2. The molecule has 2 saturated heterocycles. The van der Waals surface area contributed by atoms with Gasteiger partial charge in [0.05, 0.1) is 51.4 Å². The zero-order valence-electron chi connectivity index (χ0n) is 19.0. The fourth-order valence-corrected chi connectivity index (χ4v) is 7.94. The van der Waals surface area contributed by atoms with Gasteiger partial charge < -0.3 is 8.97 Å². The summed E-state index contributed by atoms with van der Waals surface area (Å²) in [5.74, 6) is 0. The van der Waals surface area contributed by atoms with Gasteiger partial charge in [0.1, 0.15) is 0 Å². The van der Waals surface area contributed by atoms with Crippen LogP contribution < -0.4 is 0 Å². The van der Waals surface area contributed by atoms with E-state index in [9.17, 15) is 0 Å². The number of unbranched alkanes of at least 4 members (excludes halogenated alkanes) is 3. The van der Waals surface area contributed by atoms with E-state index in [1.807, 2.05) is 0 Å². The molecule has 4 aliphatic rings. The van der Waals surface area contributed by atoms with Crippen LogP contribution in [-0.2, 0) is 0 Å². The summed E-state index contributed by atoms with van der Waals surface area (Å²) in [6.45, 7) is 9.12. The van der Waals surface area contributed by atoms with E-state index < -0.39 is 0 Å². The minimum atomic E-state index is 1.04. The molecule has 0 aromatic heterocycles. The normalized spacial score (nSPS) is 28.7.